The number of hydrogen-bond acceptors (Lipinski definition) is 8. The fourth-order valence-electron chi connectivity index (χ4n) is 2.83. The number of nitrogens with zero attached hydrogens (tertiary/aromatic N) is 1. The van der Waals surface area contributed by atoms with Gasteiger partial charge in [-0.1, -0.05) is 6.42 Å². The van der Waals surface area contributed by atoms with Gasteiger partial charge in [-0.05, 0) is 62.2 Å². The average molecular weight is 478 g/mol. The Kier molecular flexibility index (Phi) is 10.7. The van der Waals surface area contributed by atoms with Crippen LogP contribution in [0, 0.1) is 0 Å². The molecule has 0 saturated heterocycles. The molecule has 1 heterocycles. The van der Waals surface area contributed by atoms with Gasteiger partial charge in [0.1, 0.15) is 5.82 Å². The van der Waals surface area contributed by atoms with E-state index in [2.05, 4.69) is 25.8 Å². The van der Waals surface area contributed by atoms with E-state index >= 15 is 0 Å². The lowest BCUT2D eigenvalue weighted by Crippen LogP contribution is -2.30. The predicted octanol–water partition coefficient (Wildman–Crippen LogP) is 0.324. The van der Waals surface area contributed by atoms with Gasteiger partial charge in [-0.25, -0.2) is 24.0 Å². The summed E-state index contributed by atoms with van der Waals surface area (Å²) in [5, 5.41) is 5.48. The molecule has 0 fully saturated rings. The minimum absolute atomic E-state index is 0.102. The Morgan fingerprint density at radius 1 is 0.818 bits per heavy atom. The molecule has 0 unspecified atom stereocenters. The highest BCUT2D eigenvalue weighted by molar-refractivity contribution is 7.89. The Hall–Kier alpha value is -3.06. The summed E-state index contributed by atoms with van der Waals surface area (Å²) in [5.74, 6) is 5.09. The zero-order valence-electron chi connectivity index (χ0n) is 18.3. The predicted molar refractivity (Wildman–Crippen MR) is 126 cm³/mol. The number of nitrogens with one attached hydrogen (secondary N) is 4. The van der Waals surface area contributed by atoms with Gasteiger partial charge in [0.2, 0.25) is 10.0 Å². The van der Waals surface area contributed by atoms with Crippen LogP contribution in [0.5, 0.6) is 0 Å². The molecule has 0 atom stereocenters. The first-order valence-corrected chi connectivity index (χ1v) is 12.1. The van der Waals surface area contributed by atoms with Gasteiger partial charge in [0.25, 0.3) is 11.8 Å². The van der Waals surface area contributed by atoms with Crippen molar-refractivity contribution in [2.75, 3.05) is 31.6 Å². The molecule has 12 heteroatoms. The van der Waals surface area contributed by atoms with Crippen LogP contribution in [0.15, 0.2) is 47.5 Å². The number of aromatic nitrogens is 1. The zero-order valence-corrected chi connectivity index (χ0v) is 19.2. The quantitative estimate of drug-likeness (QED) is 0.128. The second kappa shape index (κ2) is 13.5. The van der Waals surface area contributed by atoms with E-state index in [0.717, 1.165) is 12.8 Å². The van der Waals surface area contributed by atoms with E-state index in [-0.39, 0.29) is 16.7 Å². The molecule has 1 aromatic carbocycles. The molecule has 0 saturated carbocycles. The molecule has 0 aliphatic rings. The molecule has 0 bridgehead atoms. The minimum Gasteiger partial charge on any atom is -0.352 e. The van der Waals surface area contributed by atoms with Crippen LogP contribution < -0.4 is 32.4 Å². The second-order valence-corrected chi connectivity index (χ2v) is 8.98. The molecule has 0 aliphatic carbocycles. The molecule has 0 radical (unpaired) electrons. The van der Waals surface area contributed by atoms with Crippen LogP contribution in [0.1, 0.15) is 46.4 Å². The highest BCUT2D eigenvalue weighted by Crippen LogP contribution is 2.11. The monoisotopic (exact) mass is 477 g/mol. The van der Waals surface area contributed by atoms with Crippen LogP contribution in [0.3, 0.4) is 0 Å². The van der Waals surface area contributed by atoms with E-state index in [9.17, 15) is 18.0 Å². The number of sulfonamides is 1. The van der Waals surface area contributed by atoms with E-state index < -0.39 is 10.0 Å². The first-order chi connectivity index (χ1) is 15.9. The number of hydrazine groups is 1. The molecule has 180 valence electrons. The van der Waals surface area contributed by atoms with Crippen LogP contribution in [0.4, 0.5) is 5.82 Å². The van der Waals surface area contributed by atoms with E-state index in [1.807, 2.05) is 0 Å². The third-order valence-corrected chi connectivity index (χ3v) is 6.17. The lowest BCUT2D eigenvalue weighted by molar-refractivity contribution is 0.0951. The van der Waals surface area contributed by atoms with E-state index in [1.54, 1.807) is 12.1 Å². The lowest BCUT2D eigenvalue weighted by atomic mass is 10.2. The van der Waals surface area contributed by atoms with Crippen LogP contribution in [0.2, 0.25) is 0 Å². The SMILES string of the molecule is NCCCCCNS(=O)(=O)c1ccc(C(=O)NCCCNC(=O)c2ccc(NN)nc2)cc1. The lowest BCUT2D eigenvalue weighted by Gasteiger charge is -2.09. The van der Waals surface area contributed by atoms with Crippen molar-refractivity contribution in [1.29, 1.82) is 0 Å². The van der Waals surface area contributed by atoms with Gasteiger partial charge < -0.3 is 21.8 Å². The normalized spacial score (nSPS) is 11.1. The highest BCUT2D eigenvalue weighted by Gasteiger charge is 2.14. The third-order valence-electron chi connectivity index (χ3n) is 4.70. The smallest absolute Gasteiger partial charge is 0.252 e. The average Bonchev–Trinajstić information content (AvgIpc) is 2.83. The Bertz CT molecular complexity index is 996. The molecule has 1 aromatic heterocycles. The summed E-state index contributed by atoms with van der Waals surface area (Å²) in [6, 6.07) is 8.92. The maximum absolute atomic E-state index is 12.3. The summed E-state index contributed by atoms with van der Waals surface area (Å²) >= 11 is 0. The van der Waals surface area contributed by atoms with Crippen molar-refractivity contribution < 1.29 is 18.0 Å². The number of amides is 2. The Morgan fingerprint density at radius 2 is 1.45 bits per heavy atom. The summed E-state index contributed by atoms with van der Waals surface area (Å²) in [5.41, 5.74) is 8.55. The van der Waals surface area contributed by atoms with Gasteiger partial charge >= 0.3 is 0 Å². The summed E-state index contributed by atoms with van der Waals surface area (Å²) in [4.78, 5) is 28.4. The molecule has 33 heavy (non-hydrogen) atoms. The number of pyridine rings is 1. The number of hydrogen-bond donors (Lipinski definition) is 6. The van der Waals surface area contributed by atoms with Crippen LogP contribution in [0.25, 0.3) is 0 Å². The minimum atomic E-state index is -3.62. The Morgan fingerprint density at radius 3 is 2.03 bits per heavy atom. The van der Waals surface area contributed by atoms with E-state index in [0.29, 0.717) is 56.0 Å². The molecular formula is C21H31N7O4S. The maximum atomic E-state index is 12.3. The summed E-state index contributed by atoms with van der Waals surface area (Å²) in [6.45, 7) is 1.64. The third kappa shape index (κ3) is 8.77. The molecular weight excluding hydrogens is 446 g/mol. The number of rotatable bonds is 14. The van der Waals surface area contributed by atoms with Gasteiger partial charge in [0.05, 0.1) is 10.5 Å². The fraction of sp³-hybridized carbons (Fsp3) is 0.381. The van der Waals surface area contributed by atoms with Crippen molar-refractivity contribution in [3.8, 4) is 0 Å². The van der Waals surface area contributed by atoms with Crippen molar-refractivity contribution in [2.45, 2.75) is 30.6 Å². The van der Waals surface area contributed by atoms with Gasteiger partial charge in [0, 0.05) is 31.4 Å². The van der Waals surface area contributed by atoms with Crippen molar-refractivity contribution >= 4 is 27.7 Å². The van der Waals surface area contributed by atoms with Crippen LogP contribution in [-0.2, 0) is 10.0 Å². The number of carbonyl (C=O) groups excluding carboxylic acids is 2. The van der Waals surface area contributed by atoms with Crippen LogP contribution >= 0.6 is 0 Å². The second-order valence-electron chi connectivity index (χ2n) is 7.21. The topological polar surface area (TPSA) is 181 Å². The first kappa shape index (κ1) is 26.2. The van der Waals surface area contributed by atoms with Crippen molar-refractivity contribution in [3.05, 3.63) is 53.7 Å². The molecule has 0 spiro atoms. The van der Waals surface area contributed by atoms with Gasteiger partial charge in [-0.15, -0.1) is 0 Å². The van der Waals surface area contributed by atoms with Gasteiger partial charge in [-0.3, -0.25) is 9.59 Å². The first-order valence-electron chi connectivity index (χ1n) is 10.7. The summed E-state index contributed by atoms with van der Waals surface area (Å²) in [7, 11) is -3.62. The number of carbonyl (C=O) groups is 2. The number of benzene rings is 1. The van der Waals surface area contributed by atoms with Crippen LogP contribution in [-0.4, -0.2) is 51.4 Å². The standard InChI is InChI=1S/C21H31N7O4S/c22-11-2-1-3-14-27-33(31,32)18-8-5-16(6-9-18)20(29)24-12-4-13-25-21(30)17-7-10-19(28-23)26-15-17/h5-10,15,27H,1-4,11-14,22-23H2,(H,24,29)(H,25,30)(H,26,28). The highest BCUT2D eigenvalue weighted by atomic mass is 32.2. The van der Waals surface area contributed by atoms with Crippen molar-refractivity contribution in [2.24, 2.45) is 11.6 Å². The van der Waals surface area contributed by atoms with E-state index in [4.69, 9.17) is 11.6 Å². The molecule has 2 aromatic rings. The molecule has 2 amide bonds. The molecule has 11 nitrogen and oxygen atoms in total. The number of unbranched alkanes of at least 4 members (excludes halogenated alkanes) is 2. The summed E-state index contributed by atoms with van der Waals surface area (Å²) < 4.78 is 27.1. The fourth-order valence-corrected chi connectivity index (χ4v) is 3.91. The van der Waals surface area contributed by atoms with Crippen molar-refractivity contribution in [3.63, 3.8) is 0 Å². The van der Waals surface area contributed by atoms with E-state index in [1.165, 1.54) is 30.5 Å². The number of nitrogen functional groups attached to an aromatic ring is 1. The zero-order chi connectivity index (χ0) is 24.1. The molecule has 0 aliphatic heterocycles. The van der Waals surface area contributed by atoms with Gasteiger partial charge in [0.15, 0.2) is 0 Å². The van der Waals surface area contributed by atoms with Crippen molar-refractivity contribution in [1.82, 2.24) is 20.3 Å². The summed E-state index contributed by atoms with van der Waals surface area (Å²) in [6.07, 6.45) is 4.36. The number of anilines is 1. The largest absolute Gasteiger partial charge is 0.352 e. The Balaban J connectivity index is 1.71. The van der Waals surface area contributed by atoms with Gasteiger partial charge in [-0.2, -0.15) is 0 Å². The molecule has 8 N–H and O–H groups in total. The Labute approximate surface area is 193 Å². The molecule has 2 rings (SSSR count). The number of nitrogens with two attached hydrogens (primary N) is 2. The maximum Gasteiger partial charge on any atom is 0.252 e.